The first-order valence-corrected chi connectivity index (χ1v) is 7.15. The Labute approximate surface area is 123 Å². The molecule has 0 bridgehead atoms. The first-order valence-electron chi connectivity index (χ1n) is 7.15. The molecule has 21 heavy (non-hydrogen) atoms. The Morgan fingerprint density at radius 2 is 2.29 bits per heavy atom. The second-order valence-electron chi connectivity index (χ2n) is 5.47. The molecule has 0 radical (unpaired) electrons. The lowest BCUT2D eigenvalue weighted by Gasteiger charge is -2.32. The third-order valence-corrected chi connectivity index (χ3v) is 3.91. The number of hydrogen-bond donors (Lipinski definition) is 1. The van der Waals surface area contributed by atoms with E-state index in [4.69, 9.17) is 4.52 Å². The van der Waals surface area contributed by atoms with Gasteiger partial charge in [-0.05, 0) is 25.0 Å². The van der Waals surface area contributed by atoms with E-state index < -0.39 is 0 Å². The van der Waals surface area contributed by atoms with Gasteiger partial charge in [0.05, 0.1) is 12.5 Å². The van der Waals surface area contributed by atoms with Crippen molar-refractivity contribution in [1.29, 1.82) is 0 Å². The van der Waals surface area contributed by atoms with Crippen molar-refractivity contribution in [3.8, 4) is 0 Å². The Hall–Kier alpha value is -2.30. The summed E-state index contributed by atoms with van der Waals surface area (Å²) in [6, 6.07) is 9.93. The van der Waals surface area contributed by atoms with Gasteiger partial charge in [0.2, 0.25) is 5.91 Å². The zero-order valence-electron chi connectivity index (χ0n) is 12.3. The summed E-state index contributed by atoms with van der Waals surface area (Å²) < 4.78 is 5.00. The summed E-state index contributed by atoms with van der Waals surface area (Å²) in [5.74, 6) is 0.713. The molecular weight excluding hydrogens is 266 g/mol. The maximum absolute atomic E-state index is 12.5. The fourth-order valence-corrected chi connectivity index (χ4v) is 2.80. The molecule has 3 rings (SSSR count). The second kappa shape index (κ2) is 5.60. The van der Waals surface area contributed by atoms with Gasteiger partial charge in [-0.1, -0.05) is 23.4 Å². The number of aryl methyl sites for hydroxylation is 1. The molecule has 5 heteroatoms. The smallest absolute Gasteiger partial charge is 0.228 e. The standard InChI is InChI=1S/C16H19N3O2/c1-11-9-12(18-21-11)10-17-16(20)14-7-8-19(2)15-6-4-3-5-13(14)15/h3-6,9,14H,7-8,10H2,1-2H3,(H,17,20)/t14-/m1/s1. The van der Waals surface area contributed by atoms with Crippen LogP contribution < -0.4 is 10.2 Å². The van der Waals surface area contributed by atoms with Gasteiger partial charge in [0.25, 0.3) is 0 Å². The van der Waals surface area contributed by atoms with E-state index in [9.17, 15) is 4.79 Å². The summed E-state index contributed by atoms with van der Waals surface area (Å²) in [4.78, 5) is 14.7. The third-order valence-electron chi connectivity index (χ3n) is 3.91. The Morgan fingerprint density at radius 1 is 1.48 bits per heavy atom. The highest BCUT2D eigenvalue weighted by molar-refractivity contribution is 5.86. The average Bonchev–Trinajstić information content (AvgIpc) is 2.91. The number of carbonyl (C=O) groups is 1. The molecule has 1 aliphatic heterocycles. The fourth-order valence-electron chi connectivity index (χ4n) is 2.80. The molecule has 2 aromatic rings. The summed E-state index contributed by atoms with van der Waals surface area (Å²) >= 11 is 0. The molecule has 110 valence electrons. The van der Waals surface area contributed by atoms with E-state index in [2.05, 4.69) is 28.5 Å². The predicted octanol–water partition coefficient (Wildman–Crippen LogP) is 2.22. The highest BCUT2D eigenvalue weighted by atomic mass is 16.5. The maximum Gasteiger partial charge on any atom is 0.228 e. The van der Waals surface area contributed by atoms with Crippen LogP contribution in [-0.2, 0) is 11.3 Å². The van der Waals surface area contributed by atoms with Gasteiger partial charge in [-0.3, -0.25) is 4.79 Å². The van der Waals surface area contributed by atoms with Crippen LogP contribution in [0.4, 0.5) is 5.69 Å². The zero-order chi connectivity index (χ0) is 14.8. The van der Waals surface area contributed by atoms with E-state index in [1.165, 1.54) is 0 Å². The number of anilines is 1. The van der Waals surface area contributed by atoms with E-state index in [-0.39, 0.29) is 11.8 Å². The molecule has 0 fully saturated rings. The highest BCUT2D eigenvalue weighted by Crippen LogP contribution is 2.34. The summed E-state index contributed by atoms with van der Waals surface area (Å²) in [7, 11) is 2.06. The Morgan fingerprint density at radius 3 is 3.05 bits per heavy atom. The number of aromatic nitrogens is 1. The molecule has 1 amide bonds. The first-order chi connectivity index (χ1) is 10.1. The van der Waals surface area contributed by atoms with Crippen molar-refractivity contribution in [3.05, 3.63) is 47.3 Å². The van der Waals surface area contributed by atoms with Crippen LogP contribution in [0.25, 0.3) is 0 Å². The van der Waals surface area contributed by atoms with Crippen LogP contribution in [0, 0.1) is 6.92 Å². The van der Waals surface area contributed by atoms with Crippen molar-refractivity contribution in [1.82, 2.24) is 10.5 Å². The topological polar surface area (TPSA) is 58.4 Å². The SMILES string of the molecule is Cc1cc(CNC(=O)[C@@H]2CCN(C)c3ccccc32)no1. The zero-order valence-corrected chi connectivity index (χ0v) is 12.3. The molecule has 1 aromatic heterocycles. The molecule has 1 aromatic carbocycles. The number of rotatable bonds is 3. The van der Waals surface area contributed by atoms with Gasteiger partial charge in [0, 0.05) is 25.3 Å². The lowest BCUT2D eigenvalue weighted by atomic mass is 9.89. The molecular formula is C16H19N3O2. The molecule has 2 heterocycles. The highest BCUT2D eigenvalue weighted by Gasteiger charge is 2.28. The molecule has 1 N–H and O–H groups in total. The van der Waals surface area contributed by atoms with E-state index >= 15 is 0 Å². The van der Waals surface area contributed by atoms with Crippen LogP contribution in [0.5, 0.6) is 0 Å². The minimum absolute atomic E-state index is 0.0520. The molecule has 0 spiro atoms. The van der Waals surface area contributed by atoms with E-state index in [0.29, 0.717) is 6.54 Å². The molecule has 0 unspecified atom stereocenters. The Bertz CT molecular complexity index is 650. The van der Waals surface area contributed by atoms with Crippen molar-refractivity contribution >= 4 is 11.6 Å². The second-order valence-corrected chi connectivity index (χ2v) is 5.47. The molecule has 0 aliphatic carbocycles. The summed E-state index contributed by atoms with van der Waals surface area (Å²) in [6.07, 6.45) is 0.831. The number of fused-ring (bicyclic) bond motifs is 1. The Balaban J connectivity index is 1.72. The predicted molar refractivity (Wildman–Crippen MR) is 80.2 cm³/mol. The molecule has 1 atom stereocenters. The van der Waals surface area contributed by atoms with Gasteiger partial charge in [-0.15, -0.1) is 0 Å². The minimum atomic E-state index is -0.0922. The van der Waals surface area contributed by atoms with Gasteiger partial charge < -0.3 is 14.7 Å². The van der Waals surface area contributed by atoms with Crippen molar-refractivity contribution in [3.63, 3.8) is 0 Å². The van der Waals surface area contributed by atoms with Crippen LogP contribution >= 0.6 is 0 Å². The fraction of sp³-hybridized carbons (Fsp3) is 0.375. The minimum Gasteiger partial charge on any atom is -0.374 e. The summed E-state index contributed by atoms with van der Waals surface area (Å²) in [5, 5.41) is 6.85. The summed E-state index contributed by atoms with van der Waals surface area (Å²) in [6.45, 7) is 3.13. The van der Waals surface area contributed by atoms with Gasteiger partial charge in [0.15, 0.2) is 0 Å². The average molecular weight is 285 g/mol. The number of hydrogen-bond acceptors (Lipinski definition) is 4. The van der Waals surface area contributed by atoms with Crippen LogP contribution in [0.2, 0.25) is 0 Å². The maximum atomic E-state index is 12.5. The van der Waals surface area contributed by atoms with Crippen molar-refractivity contribution in [2.24, 2.45) is 0 Å². The van der Waals surface area contributed by atoms with Crippen molar-refractivity contribution < 1.29 is 9.32 Å². The monoisotopic (exact) mass is 285 g/mol. The lowest BCUT2D eigenvalue weighted by molar-refractivity contribution is -0.122. The summed E-state index contributed by atoms with van der Waals surface area (Å²) in [5.41, 5.74) is 2.99. The molecule has 0 saturated heterocycles. The molecule has 5 nitrogen and oxygen atoms in total. The number of carbonyl (C=O) groups excluding carboxylic acids is 1. The van der Waals surface area contributed by atoms with Gasteiger partial charge in [-0.2, -0.15) is 0 Å². The number of benzene rings is 1. The largest absolute Gasteiger partial charge is 0.374 e. The van der Waals surface area contributed by atoms with E-state index in [0.717, 1.165) is 35.7 Å². The lowest BCUT2D eigenvalue weighted by Crippen LogP contribution is -2.35. The number of amides is 1. The van der Waals surface area contributed by atoms with Gasteiger partial charge in [-0.25, -0.2) is 0 Å². The third kappa shape index (κ3) is 2.77. The van der Waals surface area contributed by atoms with Gasteiger partial charge in [0.1, 0.15) is 11.5 Å². The van der Waals surface area contributed by atoms with Crippen molar-refractivity contribution in [2.45, 2.75) is 25.8 Å². The van der Waals surface area contributed by atoms with E-state index in [1.54, 1.807) is 0 Å². The first kappa shape index (κ1) is 13.7. The van der Waals surface area contributed by atoms with Gasteiger partial charge >= 0.3 is 0 Å². The Kier molecular flexibility index (Phi) is 3.64. The number of para-hydroxylation sites is 1. The van der Waals surface area contributed by atoms with Crippen LogP contribution in [0.1, 0.15) is 29.4 Å². The number of nitrogens with one attached hydrogen (secondary N) is 1. The van der Waals surface area contributed by atoms with E-state index in [1.807, 2.05) is 31.2 Å². The van der Waals surface area contributed by atoms with Crippen LogP contribution in [0.15, 0.2) is 34.9 Å². The van der Waals surface area contributed by atoms with Crippen LogP contribution in [-0.4, -0.2) is 24.7 Å². The normalized spacial score (nSPS) is 17.4. The van der Waals surface area contributed by atoms with Crippen LogP contribution in [0.3, 0.4) is 0 Å². The van der Waals surface area contributed by atoms with Crippen molar-refractivity contribution in [2.75, 3.05) is 18.5 Å². The molecule has 1 aliphatic rings. The molecule has 0 saturated carbocycles. The number of nitrogens with zero attached hydrogens (tertiary/aromatic N) is 2. The quantitative estimate of drug-likeness (QED) is 0.939.